The largest absolute Gasteiger partial charge is 0.492 e. The van der Waals surface area contributed by atoms with Crippen LogP contribution in [0.3, 0.4) is 0 Å². The number of amides is 1. The highest BCUT2D eigenvalue weighted by Crippen LogP contribution is 2.26. The van der Waals surface area contributed by atoms with Crippen LogP contribution < -0.4 is 10.1 Å². The summed E-state index contributed by atoms with van der Waals surface area (Å²) in [6.45, 7) is 3.23. The van der Waals surface area contributed by atoms with Crippen molar-refractivity contribution in [2.24, 2.45) is 0 Å². The first-order valence-electron chi connectivity index (χ1n) is 7.91. The molecule has 0 unspecified atom stereocenters. The minimum Gasteiger partial charge on any atom is -0.492 e. The quantitative estimate of drug-likeness (QED) is 0.690. The molecular formula is C19H22BrNO2. The number of halogens is 1. The Balaban J connectivity index is 1.66. The van der Waals surface area contributed by atoms with Crippen molar-refractivity contribution in [3.63, 3.8) is 0 Å². The lowest BCUT2D eigenvalue weighted by Crippen LogP contribution is -2.22. The lowest BCUT2D eigenvalue weighted by Gasteiger charge is -2.09. The van der Waals surface area contributed by atoms with E-state index in [0.717, 1.165) is 22.2 Å². The molecule has 2 rings (SSSR count). The minimum atomic E-state index is 0.0536. The van der Waals surface area contributed by atoms with Gasteiger partial charge in [-0.3, -0.25) is 4.79 Å². The molecule has 0 radical (unpaired) electrons. The molecule has 0 atom stereocenters. The Morgan fingerprint density at radius 1 is 1.13 bits per heavy atom. The summed E-state index contributed by atoms with van der Waals surface area (Å²) >= 11 is 3.52. The number of nitrogens with one attached hydrogen (secondary N) is 1. The summed E-state index contributed by atoms with van der Waals surface area (Å²) in [5.74, 6) is 0.879. The second-order valence-electron chi connectivity index (χ2n) is 5.33. The van der Waals surface area contributed by atoms with Gasteiger partial charge in [-0.1, -0.05) is 43.3 Å². The number of carbonyl (C=O) groups excluding carboxylic acids is 1. The average molecular weight is 376 g/mol. The fraction of sp³-hybridized carbons (Fsp3) is 0.316. The number of hydrogen-bond acceptors (Lipinski definition) is 2. The first-order chi connectivity index (χ1) is 11.2. The van der Waals surface area contributed by atoms with Crippen molar-refractivity contribution in [1.29, 1.82) is 0 Å². The van der Waals surface area contributed by atoms with Crippen LogP contribution in [0.5, 0.6) is 5.75 Å². The van der Waals surface area contributed by atoms with Gasteiger partial charge in [0.2, 0.25) is 5.91 Å². The molecule has 0 spiro atoms. The summed E-state index contributed by atoms with van der Waals surface area (Å²) in [7, 11) is 0. The van der Waals surface area contributed by atoms with E-state index in [-0.39, 0.29) is 5.91 Å². The van der Waals surface area contributed by atoms with Gasteiger partial charge in [0.05, 0.1) is 11.1 Å². The molecule has 0 aliphatic carbocycles. The summed E-state index contributed by atoms with van der Waals surface area (Å²) in [5, 5.41) is 2.92. The summed E-state index contributed by atoms with van der Waals surface area (Å²) in [4.78, 5) is 11.8. The van der Waals surface area contributed by atoms with Gasteiger partial charge in [-0.2, -0.15) is 0 Å². The first kappa shape index (κ1) is 17.5. The van der Waals surface area contributed by atoms with Gasteiger partial charge >= 0.3 is 0 Å². The van der Waals surface area contributed by atoms with Gasteiger partial charge in [0, 0.05) is 13.0 Å². The number of carbonyl (C=O) groups is 1. The van der Waals surface area contributed by atoms with E-state index in [2.05, 4.69) is 40.3 Å². The van der Waals surface area contributed by atoms with Gasteiger partial charge in [0.25, 0.3) is 0 Å². The van der Waals surface area contributed by atoms with Crippen molar-refractivity contribution in [1.82, 2.24) is 5.32 Å². The van der Waals surface area contributed by atoms with E-state index in [1.54, 1.807) is 0 Å². The molecular weight excluding hydrogens is 354 g/mol. The maximum absolute atomic E-state index is 11.8. The first-order valence-corrected chi connectivity index (χ1v) is 8.70. The van der Waals surface area contributed by atoms with Crippen molar-refractivity contribution in [3.8, 4) is 5.75 Å². The van der Waals surface area contributed by atoms with Gasteiger partial charge in [-0.25, -0.2) is 0 Å². The molecule has 2 aromatic carbocycles. The molecule has 2 aromatic rings. The average Bonchev–Trinajstić information content (AvgIpc) is 2.58. The van der Waals surface area contributed by atoms with Gasteiger partial charge in [0.1, 0.15) is 5.75 Å². The lowest BCUT2D eigenvalue weighted by molar-refractivity contribution is -0.121. The maximum atomic E-state index is 11.8. The molecule has 0 fully saturated rings. The predicted octanol–water partition coefficient (Wildman–Crippen LogP) is 4.49. The predicted molar refractivity (Wildman–Crippen MR) is 96.5 cm³/mol. The minimum absolute atomic E-state index is 0.0536. The molecule has 0 aliphatic heterocycles. The Labute approximate surface area is 146 Å². The number of aryl methyl sites for hydroxylation is 1. The highest BCUT2D eigenvalue weighted by molar-refractivity contribution is 9.10. The third kappa shape index (κ3) is 6.06. The Morgan fingerprint density at radius 2 is 1.91 bits per heavy atom. The number of benzene rings is 2. The van der Waals surface area contributed by atoms with Crippen molar-refractivity contribution >= 4 is 21.8 Å². The van der Waals surface area contributed by atoms with Crippen LogP contribution in [0, 0.1) is 0 Å². The SMILES string of the molecule is CCc1ccc(OCCCC(=O)NCc2ccccc2)c(Br)c1. The number of hydrogen-bond donors (Lipinski definition) is 1. The van der Waals surface area contributed by atoms with E-state index >= 15 is 0 Å². The standard InChI is InChI=1S/C19H22BrNO2/c1-2-15-10-11-18(17(20)13-15)23-12-6-9-19(22)21-14-16-7-4-3-5-8-16/h3-5,7-8,10-11,13H,2,6,9,12,14H2,1H3,(H,21,22). The lowest BCUT2D eigenvalue weighted by atomic mass is 10.2. The molecule has 23 heavy (non-hydrogen) atoms. The molecule has 0 saturated carbocycles. The molecule has 0 aliphatic rings. The van der Waals surface area contributed by atoms with E-state index < -0.39 is 0 Å². The fourth-order valence-electron chi connectivity index (χ4n) is 2.18. The third-order valence-electron chi connectivity index (χ3n) is 3.54. The van der Waals surface area contributed by atoms with E-state index in [4.69, 9.17) is 4.74 Å². The number of rotatable bonds is 8. The third-order valence-corrected chi connectivity index (χ3v) is 4.16. The van der Waals surface area contributed by atoms with E-state index in [0.29, 0.717) is 26.0 Å². The Hall–Kier alpha value is -1.81. The Bertz CT molecular complexity index is 629. The summed E-state index contributed by atoms with van der Waals surface area (Å²) in [6.07, 6.45) is 2.17. The normalized spacial score (nSPS) is 10.3. The van der Waals surface area contributed by atoms with Crippen molar-refractivity contribution in [2.75, 3.05) is 6.61 Å². The van der Waals surface area contributed by atoms with Gasteiger partial charge in [-0.05, 0) is 52.0 Å². The Kier molecular flexibility index (Phi) is 7.14. The van der Waals surface area contributed by atoms with Crippen molar-refractivity contribution in [3.05, 3.63) is 64.1 Å². The van der Waals surface area contributed by atoms with Crippen LogP contribution in [0.25, 0.3) is 0 Å². The molecule has 3 nitrogen and oxygen atoms in total. The van der Waals surface area contributed by atoms with Gasteiger partial charge in [-0.15, -0.1) is 0 Å². The van der Waals surface area contributed by atoms with Crippen LogP contribution >= 0.6 is 15.9 Å². The highest BCUT2D eigenvalue weighted by Gasteiger charge is 2.04. The summed E-state index contributed by atoms with van der Waals surface area (Å²) in [5.41, 5.74) is 2.38. The molecule has 1 N–H and O–H groups in total. The Morgan fingerprint density at radius 3 is 2.61 bits per heavy atom. The zero-order chi connectivity index (χ0) is 16.5. The topological polar surface area (TPSA) is 38.3 Å². The summed E-state index contributed by atoms with van der Waals surface area (Å²) in [6, 6.07) is 16.0. The molecule has 4 heteroatoms. The molecule has 1 amide bonds. The zero-order valence-corrected chi connectivity index (χ0v) is 14.9. The number of ether oxygens (including phenoxy) is 1. The van der Waals surface area contributed by atoms with Crippen molar-refractivity contribution < 1.29 is 9.53 Å². The van der Waals surface area contributed by atoms with Crippen LogP contribution in [0.1, 0.15) is 30.9 Å². The second kappa shape index (κ2) is 9.36. The smallest absolute Gasteiger partial charge is 0.220 e. The second-order valence-corrected chi connectivity index (χ2v) is 6.19. The van der Waals surface area contributed by atoms with E-state index in [1.807, 2.05) is 36.4 Å². The highest BCUT2D eigenvalue weighted by atomic mass is 79.9. The fourth-order valence-corrected chi connectivity index (χ4v) is 2.72. The maximum Gasteiger partial charge on any atom is 0.220 e. The molecule has 122 valence electrons. The monoisotopic (exact) mass is 375 g/mol. The van der Waals surface area contributed by atoms with E-state index in [1.165, 1.54) is 5.56 Å². The van der Waals surface area contributed by atoms with Crippen LogP contribution in [-0.2, 0) is 17.8 Å². The van der Waals surface area contributed by atoms with Crippen LogP contribution in [0.2, 0.25) is 0 Å². The molecule has 0 bridgehead atoms. The summed E-state index contributed by atoms with van der Waals surface area (Å²) < 4.78 is 6.69. The van der Waals surface area contributed by atoms with Crippen LogP contribution in [0.4, 0.5) is 0 Å². The van der Waals surface area contributed by atoms with Gasteiger partial charge in [0.15, 0.2) is 0 Å². The molecule has 0 saturated heterocycles. The zero-order valence-electron chi connectivity index (χ0n) is 13.3. The van der Waals surface area contributed by atoms with Gasteiger partial charge < -0.3 is 10.1 Å². The van der Waals surface area contributed by atoms with Crippen LogP contribution in [0.15, 0.2) is 53.0 Å². The van der Waals surface area contributed by atoms with Crippen LogP contribution in [-0.4, -0.2) is 12.5 Å². The van der Waals surface area contributed by atoms with E-state index in [9.17, 15) is 4.79 Å². The van der Waals surface area contributed by atoms with Crippen molar-refractivity contribution in [2.45, 2.75) is 32.7 Å². The molecule has 0 aromatic heterocycles. The molecule has 0 heterocycles.